The summed E-state index contributed by atoms with van der Waals surface area (Å²) in [6, 6.07) is 6.27. The van der Waals surface area contributed by atoms with Crippen molar-refractivity contribution in [2.75, 3.05) is 40.1 Å². The smallest absolute Gasteiger partial charge is 0.336 e. The van der Waals surface area contributed by atoms with E-state index < -0.39 is 22.1 Å². The van der Waals surface area contributed by atoms with Gasteiger partial charge >= 0.3 is 23.9 Å². The lowest BCUT2D eigenvalue weighted by atomic mass is 10.2. The number of esters is 4. The third-order valence-electron chi connectivity index (χ3n) is 4.68. The molecule has 2 rings (SSSR count). The van der Waals surface area contributed by atoms with Crippen LogP contribution >= 0.6 is 0 Å². The van der Waals surface area contributed by atoms with Gasteiger partial charge in [0.05, 0.1) is 37.1 Å². The van der Waals surface area contributed by atoms with Crippen molar-refractivity contribution in [2.24, 2.45) is 0 Å². The Bertz CT molecular complexity index is 1260. The highest BCUT2D eigenvalue weighted by Gasteiger charge is 2.24. The summed E-state index contributed by atoms with van der Waals surface area (Å²) in [7, 11) is -2.47. The Kier molecular flexibility index (Phi) is 23.0. The van der Waals surface area contributed by atoms with Gasteiger partial charge in [-0.2, -0.15) is 8.42 Å². The Labute approximate surface area is 265 Å². The molecular formula is C31H44O13S. The molecule has 1 heterocycles. The fraction of sp³-hybridized carbons (Fsp3) is 0.419. The van der Waals surface area contributed by atoms with Gasteiger partial charge in [0, 0.05) is 17.2 Å². The third kappa shape index (κ3) is 22.9. The molecule has 0 saturated carbocycles. The third-order valence-corrected chi connectivity index (χ3v) is 6.01. The number of aliphatic hydroxyl groups is 1. The number of carbonyl (C=O) groups is 4. The van der Waals surface area contributed by atoms with E-state index in [0.29, 0.717) is 31.0 Å². The summed E-state index contributed by atoms with van der Waals surface area (Å²) in [5.41, 5.74) is 2.05. The molecule has 1 aliphatic rings. The highest BCUT2D eigenvalue weighted by molar-refractivity contribution is 7.86. The maximum Gasteiger partial charge on any atom is 0.336 e. The number of hydrogen-bond donors (Lipinski definition) is 1. The minimum absolute atomic E-state index is 0.0724. The summed E-state index contributed by atoms with van der Waals surface area (Å²) in [6.07, 6.45) is 2.68. The Balaban J connectivity index is 0. The van der Waals surface area contributed by atoms with E-state index in [4.69, 9.17) is 18.8 Å². The molecule has 1 aromatic rings. The standard InChI is InChI=1S/C12H14O5S.C7H10O3.C7H12O3.C5H8O2/c1-3-12(13)16-8-9-17-18(14,15)11-6-4-10(2)5-7-11;1-5(2)7(8)10-4-6-3-9-6;1-3-4-10-7(9)6(2)5-8;1-4(2)5(6)7-3/h3-7H,1,8-9H2,2H3;6H,1,3-4H2,2H3;5,8H,3-4H2,1-2H3;1H2,2-3H3. The number of aryl methyl sites for hydroxylation is 1. The zero-order valence-corrected chi connectivity index (χ0v) is 27.5. The number of methoxy groups -OCH3 is 1. The number of ether oxygens (including phenoxy) is 5. The van der Waals surface area contributed by atoms with Crippen LogP contribution < -0.4 is 0 Å². The van der Waals surface area contributed by atoms with Crippen molar-refractivity contribution >= 4 is 34.0 Å². The molecule has 1 unspecified atom stereocenters. The predicted octanol–water partition coefficient (Wildman–Crippen LogP) is 4.07. The fourth-order valence-electron chi connectivity index (χ4n) is 2.11. The van der Waals surface area contributed by atoms with Gasteiger partial charge in [0.2, 0.25) is 0 Å². The largest absolute Gasteiger partial charge is 0.515 e. The second-order valence-electron chi connectivity index (χ2n) is 9.01. The monoisotopic (exact) mass is 656 g/mol. The maximum absolute atomic E-state index is 11.7. The van der Waals surface area contributed by atoms with Crippen molar-refractivity contribution in [3.63, 3.8) is 0 Å². The number of aliphatic hydroxyl groups excluding tert-OH is 1. The topological polar surface area (TPSA) is 181 Å². The maximum atomic E-state index is 11.7. The van der Waals surface area contributed by atoms with Crippen LogP contribution in [0, 0.1) is 6.92 Å². The van der Waals surface area contributed by atoms with E-state index in [0.717, 1.165) is 24.3 Å². The van der Waals surface area contributed by atoms with Gasteiger partial charge in [-0.3, -0.25) is 4.18 Å². The zero-order chi connectivity index (χ0) is 35.0. The van der Waals surface area contributed by atoms with E-state index >= 15 is 0 Å². The Morgan fingerprint density at radius 2 is 1.49 bits per heavy atom. The molecule has 1 aromatic carbocycles. The summed E-state index contributed by atoms with van der Waals surface area (Å²) >= 11 is 0. The molecule has 0 aliphatic carbocycles. The van der Waals surface area contributed by atoms with Crippen LogP contribution in [-0.4, -0.2) is 83.6 Å². The van der Waals surface area contributed by atoms with Crippen molar-refractivity contribution in [3.8, 4) is 0 Å². The van der Waals surface area contributed by atoms with Gasteiger partial charge in [0.1, 0.15) is 25.9 Å². The van der Waals surface area contributed by atoms with Crippen LogP contribution in [-0.2, 0) is 57.2 Å². The van der Waals surface area contributed by atoms with Crippen LogP contribution in [0.3, 0.4) is 0 Å². The van der Waals surface area contributed by atoms with E-state index in [1.54, 1.807) is 26.0 Å². The van der Waals surface area contributed by atoms with Crippen LogP contribution in [0.4, 0.5) is 0 Å². The van der Waals surface area contributed by atoms with Gasteiger partial charge in [-0.25, -0.2) is 19.2 Å². The molecule has 1 saturated heterocycles. The van der Waals surface area contributed by atoms with Gasteiger partial charge in [-0.1, -0.05) is 44.4 Å². The molecule has 0 aromatic heterocycles. The van der Waals surface area contributed by atoms with Gasteiger partial charge in [0.25, 0.3) is 10.1 Å². The highest BCUT2D eigenvalue weighted by Crippen LogP contribution is 2.13. The number of rotatable bonds is 13. The highest BCUT2D eigenvalue weighted by atomic mass is 32.2. The normalized spacial score (nSPS) is 12.9. The molecule has 1 aliphatic heterocycles. The molecule has 0 radical (unpaired) electrons. The lowest BCUT2D eigenvalue weighted by molar-refractivity contribution is -0.140. The average Bonchev–Trinajstić information content (AvgIpc) is 3.85. The molecule has 13 nitrogen and oxygen atoms in total. The molecule has 1 atom stereocenters. The SMILES string of the molecule is C=C(C)C(=O)OC.C=C(C)C(=O)OCC1CO1.C=CC(=O)OCCOS(=O)(=O)c1ccc(C)cc1.CCCOC(=O)C(C)=CO. The second kappa shape index (κ2) is 24.1. The van der Waals surface area contributed by atoms with Crippen molar-refractivity contribution in [2.45, 2.75) is 52.0 Å². The first-order valence-corrected chi connectivity index (χ1v) is 14.9. The molecule has 0 spiro atoms. The second-order valence-corrected chi connectivity index (χ2v) is 10.6. The van der Waals surface area contributed by atoms with E-state index in [9.17, 15) is 27.6 Å². The summed E-state index contributed by atoms with van der Waals surface area (Å²) in [6.45, 7) is 19.6. The van der Waals surface area contributed by atoms with E-state index in [2.05, 4.69) is 33.9 Å². The first-order valence-electron chi connectivity index (χ1n) is 13.5. The Hall–Kier alpha value is -4.27. The number of hydrogen-bond acceptors (Lipinski definition) is 13. The van der Waals surface area contributed by atoms with Gasteiger partial charge in [-0.15, -0.1) is 0 Å². The number of carbonyl (C=O) groups excluding carboxylic acids is 4. The summed E-state index contributed by atoms with van der Waals surface area (Å²) in [5.74, 6) is -1.76. The Morgan fingerprint density at radius 3 is 1.89 bits per heavy atom. The molecule has 1 N–H and O–H groups in total. The summed E-state index contributed by atoms with van der Waals surface area (Å²) in [5, 5.41) is 8.34. The number of epoxide rings is 1. The van der Waals surface area contributed by atoms with Crippen LogP contribution in [0.25, 0.3) is 0 Å². The van der Waals surface area contributed by atoms with Gasteiger partial charge in [0.15, 0.2) is 0 Å². The van der Waals surface area contributed by atoms with Crippen molar-refractivity contribution in [1.29, 1.82) is 0 Å². The molecule has 252 valence electrons. The average molecular weight is 657 g/mol. The van der Waals surface area contributed by atoms with Crippen molar-refractivity contribution in [1.82, 2.24) is 0 Å². The molecule has 45 heavy (non-hydrogen) atoms. The van der Waals surface area contributed by atoms with Crippen molar-refractivity contribution in [3.05, 3.63) is 78.6 Å². The molecule has 14 heteroatoms. The van der Waals surface area contributed by atoms with Crippen LogP contribution in [0.2, 0.25) is 0 Å². The quantitative estimate of drug-likeness (QED) is 0.0611. The van der Waals surface area contributed by atoms with E-state index in [-0.39, 0.29) is 41.7 Å². The predicted molar refractivity (Wildman–Crippen MR) is 165 cm³/mol. The zero-order valence-electron chi connectivity index (χ0n) is 26.7. The van der Waals surface area contributed by atoms with Crippen molar-refractivity contribution < 1.29 is 60.6 Å². The summed E-state index contributed by atoms with van der Waals surface area (Å²) < 4.78 is 51.2. The van der Waals surface area contributed by atoms with Crippen LogP contribution in [0.1, 0.15) is 39.7 Å². The lowest BCUT2D eigenvalue weighted by Crippen LogP contribution is -2.13. The molecule has 0 amide bonds. The minimum Gasteiger partial charge on any atom is -0.515 e. The fourth-order valence-corrected chi connectivity index (χ4v) is 3.00. The summed E-state index contributed by atoms with van der Waals surface area (Å²) in [4.78, 5) is 42.3. The molecular weight excluding hydrogens is 612 g/mol. The number of benzene rings is 1. The van der Waals surface area contributed by atoms with Gasteiger partial charge in [-0.05, 0) is 46.2 Å². The minimum atomic E-state index is -3.80. The van der Waals surface area contributed by atoms with Crippen LogP contribution in [0.5, 0.6) is 0 Å². The first kappa shape index (κ1) is 42.9. The first-order chi connectivity index (χ1) is 21.1. The van der Waals surface area contributed by atoms with Crippen LogP contribution in [0.15, 0.2) is 78.0 Å². The molecule has 1 fully saturated rings. The van der Waals surface area contributed by atoms with E-state index in [1.807, 2.05) is 13.8 Å². The lowest BCUT2D eigenvalue weighted by Gasteiger charge is -2.06. The van der Waals surface area contributed by atoms with E-state index in [1.165, 1.54) is 26.2 Å². The van der Waals surface area contributed by atoms with Gasteiger partial charge < -0.3 is 28.8 Å². The Morgan fingerprint density at radius 1 is 0.933 bits per heavy atom. The molecule has 0 bridgehead atoms.